The van der Waals surface area contributed by atoms with E-state index in [0.717, 1.165) is 10.9 Å². The number of nitrogens with one attached hydrogen (secondary N) is 1. The quantitative estimate of drug-likeness (QED) is 0.865. The SMILES string of the molecule is CC(C)CNC(C(=O)O)c1cccc2cccnc12. The number of nitrogens with zero attached hydrogens (tertiary/aromatic N) is 1. The van der Waals surface area contributed by atoms with E-state index in [9.17, 15) is 9.90 Å². The van der Waals surface area contributed by atoms with E-state index < -0.39 is 12.0 Å². The lowest BCUT2D eigenvalue weighted by molar-refractivity contribution is -0.139. The number of carboxylic acid groups (broad SMARTS) is 1. The van der Waals surface area contributed by atoms with Crippen molar-refractivity contribution in [1.82, 2.24) is 10.3 Å². The first-order valence-corrected chi connectivity index (χ1v) is 6.39. The molecule has 2 N–H and O–H groups in total. The first-order valence-electron chi connectivity index (χ1n) is 6.39. The highest BCUT2D eigenvalue weighted by molar-refractivity contribution is 5.87. The molecule has 0 aliphatic carbocycles. The summed E-state index contributed by atoms with van der Waals surface area (Å²) in [7, 11) is 0. The normalized spacial score (nSPS) is 12.8. The first kappa shape index (κ1) is 13.5. The van der Waals surface area contributed by atoms with E-state index in [-0.39, 0.29) is 0 Å². The molecule has 0 saturated carbocycles. The van der Waals surface area contributed by atoms with Crippen LogP contribution in [0.25, 0.3) is 10.9 Å². The zero-order valence-corrected chi connectivity index (χ0v) is 11.1. The minimum atomic E-state index is -0.876. The minimum Gasteiger partial charge on any atom is -0.480 e. The van der Waals surface area contributed by atoms with Crippen molar-refractivity contribution in [3.63, 3.8) is 0 Å². The summed E-state index contributed by atoms with van der Waals surface area (Å²) in [5.74, 6) is -0.483. The fraction of sp³-hybridized carbons (Fsp3) is 0.333. The van der Waals surface area contributed by atoms with Gasteiger partial charge in [0.15, 0.2) is 0 Å². The molecule has 0 amide bonds. The number of aromatic nitrogens is 1. The Kier molecular flexibility index (Phi) is 4.12. The fourth-order valence-electron chi connectivity index (χ4n) is 2.04. The first-order chi connectivity index (χ1) is 9.09. The molecule has 0 radical (unpaired) electrons. The summed E-state index contributed by atoms with van der Waals surface area (Å²) in [6.07, 6.45) is 1.69. The molecule has 0 aliphatic rings. The van der Waals surface area contributed by atoms with Crippen LogP contribution < -0.4 is 5.32 Å². The number of para-hydroxylation sites is 1. The summed E-state index contributed by atoms with van der Waals surface area (Å²) in [5, 5.41) is 13.5. The van der Waals surface area contributed by atoms with Gasteiger partial charge in [0.2, 0.25) is 0 Å². The topological polar surface area (TPSA) is 62.2 Å². The molecule has 4 heteroatoms. The molecular weight excluding hydrogens is 240 g/mol. The van der Waals surface area contributed by atoms with E-state index in [1.54, 1.807) is 6.20 Å². The average Bonchev–Trinajstić information content (AvgIpc) is 2.38. The lowest BCUT2D eigenvalue weighted by Gasteiger charge is -2.17. The molecule has 0 fully saturated rings. The zero-order chi connectivity index (χ0) is 13.8. The monoisotopic (exact) mass is 258 g/mol. The van der Waals surface area contributed by atoms with E-state index in [2.05, 4.69) is 10.3 Å². The molecule has 4 nitrogen and oxygen atoms in total. The number of fused-ring (bicyclic) bond motifs is 1. The number of carboxylic acids is 1. The molecular formula is C15H18N2O2. The van der Waals surface area contributed by atoms with Crippen molar-refractivity contribution >= 4 is 16.9 Å². The summed E-state index contributed by atoms with van der Waals surface area (Å²) in [6, 6.07) is 8.69. The zero-order valence-electron chi connectivity index (χ0n) is 11.1. The second-order valence-corrected chi connectivity index (χ2v) is 5.00. The molecule has 1 atom stereocenters. The van der Waals surface area contributed by atoms with Gasteiger partial charge in [0.05, 0.1) is 5.52 Å². The van der Waals surface area contributed by atoms with Gasteiger partial charge in [-0.25, -0.2) is 0 Å². The van der Waals surface area contributed by atoms with Gasteiger partial charge in [-0.2, -0.15) is 0 Å². The van der Waals surface area contributed by atoms with Crippen molar-refractivity contribution in [2.45, 2.75) is 19.9 Å². The van der Waals surface area contributed by atoms with Gasteiger partial charge in [-0.1, -0.05) is 38.1 Å². The lowest BCUT2D eigenvalue weighted by atomic mass is 10.0. The van der Waals surface area contributed by atoms with E-state index in [4.69, 9.17) is 0 Å². The Morgan fingerprint density at radius 2 is 2.05 bits per heavy atom. The Balaban J connectivity index is 2.41. The molecule has 100 valence electrons. The molecule has 19 heavy (non-hydrogen) atoms. The highest BCUT2D eigenvalue weighted by atomic mass is 16.4. The van der Waals surface area contributed by atoms with Gasteiger partial charge in [-0.05, 0) is 18.5 Å². The number of hydrogen-bond acceptors (Lipinski definition) is 3. The number of benzene rings is 1. The molecule has 0 spiro atoms. The second-order valence-electron chi connectivity index (χ2n) is 5.00. The van der Waals surface area contributed by atoms with Gasteiger partial charge in [0.25, 0.3) is 0 Å². The van der Waals surface area contributed by atoms with Gasteiger partial charge in [-0.15, -0.1) is 0 Å². The molecule has 0 bridgehead atoms. The van der Waals surface area contributed by atoms with Crippen LogP contribution in [0.2, 0.25) is 0 Å². The van der Waals surface area contributed by atoms with E-state index in [1.165, 1.54) is 0 Å². The Bertz CT molecular complexity index is 576. The van der Waals surface area contributed by atoms with Crippen LogP contribution in [-0.2, 0) is 4.79 Å². The van der Waals surface area contributed by atoms with Crippen LogP contribution >= 0.6 is 0 Å². The number of carbonyl (C=O) groups is 1. The molecule has 1 aromatic heterocycles. The van der Waals surface area contributed by atoms with Crippen molar-refractivity contribution in [2.24, 2.45) is 5.92 Å². The Morgan fingerprint density at radius 3 is 2.74 bits per heavy atom. The van der Waals surface area contributed by atoms with Crippen LogP contribution in [0.3, 0.4) is 0 Å². The third-order valence-electron chi connectivity index (χ3n) is 2.95. The maximum absolute atomic E-state index is 11.5. The Morgan fingerprint density at radius 1 is 1.32 bits per heavy atom. The standard InChI is InChI=1S/C15H18N2O2/c1-10(2)9-17-14(15(18)19)12-7-3-5-11-6-4-8-16-13(11)12/h3-8,10,14,17H,9H2,1-2H3,(H,18,19). The van der Waals surface area contributed by atoms with Gasteiger partial charge in [0.1, 0.15) is 6.04 Å². The van der Waals surface area contributed by atoms with Crippen molar-refractivity contribution in [2.75, 3.05) is 6.54 Å². The third-order valence-corrected chi connectivity index (χ3v) is 2.95. The van der Waals surface area contributed by atoms with Gasteiger partial charge in [0, 0.05) is 17.1 Å². The summed E-state index contributed by atoms with van der Waals surface area (Å²) < 4.78 is 0. The molecule has 2 aromatic rings. The predicted octanol–water partition coefficient (Wildman–Crippen LogP) is 2.61. The summed E-state index contributed by atoms with van der Waals surface area (Å²) in [6.45, 7) is 4.75. The van der Waals surface area contributed by atoms with Crippen LogP contribution in [0.4, 0.5) is 0 Å². The molecule has 0 aliphatic heterocycles. The predicted molar refractivity (Wildman–Crippen MR) is 75.0 cm³/mol. The van der Waals surface area contributed by atoms with Crippen molar-refractivity contribution in [1.29, 1.82) is 0 Å². The maximum Gasteiger partial charge on any atom is 0.325 e. The highest BCUT2D eigenvalue weighted by Crippen LogP contribution is 2.22. The second kappa shape index (κ2) is 5.80. The van der Waals surface area contributed by atoms with Gasteiger partial charge >= 0.3 is 5.97 Å². The Labute approximate surface area is 112 Å². The lowest BCUT2D eigenvalue weighted by Crippen LogP contribution is -2.31. The van der Waals surface area contributed by atoms with Crippen molar-refractivity contribution in [3.05, 3.63) is 42.1 Å². The van der Waals surface area contributed by atoms with Crippen LogP contribution in [0, 0.1) is 5.92 Å². The van der Waals surface area contributed by atoms with Crippen molar-refractivity contribution < 1.29 is 9.90 Å². The molecule has 1 heterocycles. The van der Waals surface area contributed by atoms with Crippen LogP contribution in [0.15, 0.2) is 36.5 Å². The molecule has 0 saturated heterocycles. The van der Waals surface area contributed by atoms with E-state index in [0.29, 0.717) is 18.0 Å². The largest absolute Gasteiger partial charge is 0.480 e. The highest BCUT2D eigenvalue weighted by Gasteiger charge is 2.21. The maximum atomic E-state index is 11.5. The number of aliphatic carboxylic acids is 1. The summed E-state index contributed by atoms with van der Waals surface area (Å²) in [5.41, 5.74) is 1.46. The number of hydrogen-bond donors (Lipinski definition) is 2. The van der Waals surface area contributed by atoms with E-state index >= 15 is 0 Å². The Hall–Kier alpha value is -1.94. The third kappa shape index (κ3) is 3.09. The number of rotatable bonds is 5. The van der Waals surface area contributed by atoms with Crippen LogP contribution in [0.1, 0.15) is 25.5 Å². The summed E-state index contributed by atoms with van der Waals surface area (Å²) >= 11 is 0. The van der Waals surface area contributed by atoms with Crippen LogP contribution in [-0.4, -0.2) is 22.6 Å². The average molecular weight is 258 g/mol. The van der Waals surface area contributed by atoms with E-state index in [1.807, 2.05) is 44.2 Å². The van der Waals surface area contributed by atoms with Gasteiger partial charge in [-0.3, -0.25) is 9.78 Å². The smallest absolute Gasteiger partial charge is 0.325 e. The van der Waals surface area contributed by atoms with Crippen LogP contribution in [0.5, 0.6) is 0 Å². The number of pyridine rings is 1. The summed E-state index contributed by atoms with van der Waals surface area (Å²) in [4.78, 5) is 15.8. The molecule has 1 aromatic carbocycles. The van der Waals surface area contributed by atoms with Crippen molar-refractivity contribution in [3.8, 4) is 0 Å². The molecule has 2 rings (SSSR count). The fourth-order valence-corrected chi connectivity index (χ4v) is 2.04. The minimum absolute atomic E-state index is 0.393. The molecule has 1 unspecified atom stereocenters. The van der Waals surface area contributed by atoms with Gasteiger partial charge < -0.3 is 10.4 Å².